The van der Waals surface area contributed by atoms with E-state index in [0.717, 1.165) is 29.7 Å². The smallest absolute Gasteiger partial charge is 0.174 e. The fourth-order valence-corrected chi connectivity index (χ4v) is 7.43. The number of benzene rings is 1. The van der Waals surface area contributed by atoms with Crippen molar-refractivity contribution >= 4 is 16.7 Å². The Morgan fingerprint density at radius 1 is 1.25 bits per heavy atom. The number of hydrogen-bond donors (Lipinski definition) is 1. The lowest BCUT2D eigenvalue weighted by atomic mass is 9.86. The van der Waals surface area contributed by atoms with Crippen molar-refractivity contribution in [2.75, 3.05) is 18.6 Å². The maximum absolute atomic E-state index is 13.4. The van der Waals surface area contributed by atoms with Gasteiger partial charge < -0.3 is 9.47 Å². The SMILES string of the molecule is COc1ccc(C(=O)C([SH]2CCC3OC3CC2)C(C)(C)C)cc1C. The molecule has 134 valence electrons. The van der Waals surface area contributed by atoms with Crippen LogP contribution in [0.4, 0.5) is 0 Å². The summed E-state index contributed by atoms with van der Waals surface area (Å²) in [6.45, 7) is 8.66. The van der Waals surface area contributed by atoms with E-state index in [-0.39, 0.29) is 21.6 Å². The number of hydrogen-bond acceptors (Lipinski definition) is 3. The monoisotopic (exact) mass is 350 g/mol. The molecule has 0 aromatic heterocycles. The number of rotatable bonds is 4. The first-order valence-electron chi connectivity index (χ1n) is 8.89. The molecule has 3 nitrogen and oxygen atoms in total. The number of aryl methyl sites for hydroxylation is 1. The average molecular weight is 351 g/mol. The van der Waals surface area contributed by atoms with Gasteiger partial charge in [0.1, 0.15) is 5.75 Å². The van der Waals surface area contributed by atoms with Crippen LogP contribution in [-0.2, 0) is 4.74 Å². The van der Waals surface area contributed by atoms with Crippen LogP contribution in [0.15, 0.2) is 18.2 Å². The molecular weight excluding hydrogens is 320 g/mol. The van der Waals surface area contributed by atoms with E-state index < -0.39 is 0 Å². The van der Waals surface area contributed by atoms with Gasteiger partial charge in [0, 0.05) is 5.56 Å². The number of ketones is 1. The first-order chi connectivity index (χ1) is 11.3. The van der Waals surface area contributed by atoms with Gasteiger partial charge >= 0.3 is 0 Å². The Balaban J connectivity index is 1.85. The molecule has 0 aliphatic carbocycles. The van der Waals surface area contributed by atoms with Crippen molar-refractivity contribution in [3.63, 3.8) is 0 Å². The largest absolute Gasteiger partial charge is 0.496 e. The maximum atomic E-state index is 13.4. The summed E-state index contributed by atoms with van der Waals surface area (Å²) in [4.78, 5) is 13.4. The molecule has 2 heterocycles. The molecule has 4 heteroatoms. The number of thiol groups is 1. The van der Waals surface area contributed by atoms with Crippen LogP contribution in [0.25, 0.3) is 0 Å². The van der Waals surface area contributed by atoms with Crippen molar-refractivity contribution in [2.24, 2.45) is 5.41 Å². The Morgan fingerprint density at radius 2 is 1.88 bits per heavy atom. The summed E-state index contributed by atoms with van der Waals surface area (Å²) in [5.74, 6) is 3.49. The molecule has 0 saturated carbocycles. The zero-order chi connectivity index (χ0) is 17.5. The molecule has 0 spiro atoms. The van der Waals surface area contributed by atoms with Gasteiger partial charge in [0.15, 0.2) is 5.78 Å². The quantitative estimate of drug-likeness (QED) is 0.503. The van der Waals surface area contributed by atoms with Gasteiger partial charge in [-0.05, 0) is 60.4 Å². The van der Waals surface area contributed by atoms with E-state index in [4.69, 9.17) is 9.47 Å². The predicted molar refractivity (Wildman–Crippen MR) is 102 cm³/mol. The minimum absolute atomic E-state index is 0.00793. The van der Waals surface area contributed by atoms with E-state index in [0.29, 0.717) is 18.0 Å². The fraction of sp³-hybridized carbons (Fsp3) is 0.650. The molecule has 1 aromatic rings. The number of carbonyl (C=O) groups excluding carboxylic acids is 1. The lowest BCUT2D eigenvalue weighted by molar-refractivity contribution is 0.0949. The standard InChI is InChI=1S/C20H30O3S/c1-13-12-14(6-7-15(13)22-5)18(21)19(20(2,3)4)24-10-8-16-17(23-16)9-11-24/h6-7,12,16-17,19,24H,8-11H2,1-5H3. The summed E-state index contributed by atoms with van der Waals surface area (Å²) >= 11 is 0. The minimum atomic E-state index is -0.291. The summed E-state index contributed by atoms with van der Waals surface area (Å²) in [5.41, 5.74) is 1.85. The molecule has 2 aliphatic rings. The molecule has 2 fully saturated rings. The van der Waals surface area contributed by atoms with Gasteiger partial charge in [0.2, 0.25) is 0 Å². The van der Waals surface area contributed by atoms with Gasteiger partial charge in [-0.1, -0.05) is 20.8 Å². The molecular formula is C20H30O3S. The highest BCUT2D eigenvalue weighted by Gasteiger charge is 2.44. The summed E-state index contributed by atoms with van der Waals surface area (Å²) in [6.07, 6.45) is 3.24. The second-order valence-electron chi connectivity index (χ2n) is 8.14. The second kappa shape index (κ2) is 6.72. The molecule has 0 N–H and O–H groups in total. The zero-order valence-corrected chi connectivity index (χ0v) is 16.4. The highest BCUT2D eigenvalue weighted by molar-refractivity contribution is 8.18. The number of fused-ring (bicyclic) bond motifs is 1. The van der Waals surface area contributed by atoms with Crippen molar-refractivity contribution in [3.8, 4) is 5.75 Å². The van der Waals surface area contributed by atoms with E-state index in [1.165, 1.54) is 11.5 Å². The van der Waals surface area contributed by atoms with Crippen LogP contribution in [0, 0.1) is 12.3 Å². The lowest BCUT2D eigenvalue weighted by Gasteiger charge is -2.39. The normalized spacial score (nSPS) is 29.3. The highest BCUT2D eigenvalue weighted by Crippen LogP contribution is 2.49. The molecule has 3 rings (SSSR count). The van der Waals surface area contributed by atoms with Crippen LogP contribution < -0.4 is 4.74 Å². The van der Waals surface area contributed by atoms with Crippen LogP contribution in [0.1, 0.15) is 49.5 Å². The number of epoxide rings is 1. The Kier molecular flexibility index (Phi) is 4.99. The van der Waals surface area contributed by atoms with E-state index in [1.54, 1.807) is 7.11 Å². The molecule has 2 aliphatic heterocycles. The van der Waals surface area contributed by atoms with Gasteiger partial charge in [-0.3, -0.25) is 4.79 Å². The van der Waals surface area contributed by atoms with E-state index >= 15 is 0 Å². The third-order valence-corrected chi connectivity index (χ3v) is 8.61. The summed E-state index contributed by atoms with van der Waals surface area (Å²) < 4.78 is 11.0. The molecule has 2 saturated heterocycles. The van der Waals surface area contributed by atoms with Crippen LogP contribution in [-0.4, -0.2) is 41.9 Å². The first-order valence-corrected chi connectivity index (χ1v) is 10.7. The number of carbonyl (C=O) groups is 1. The van der Waals surface area contributed by atoms with Crippen molar-refractivity contribution in [1.29, 1.82) is 0 Å². The summed E-state index contributed by atoms with van der Waals surface area (Å²) in [5, 5.41) is 0.123. The Bertz CT molecular complexity index is 608. The van der Waals surface area contributed by atoms with Gasteiger partial charge in [0.05, 0.1) is 24.6 Å². The number of methoxy groups -OCH3 is 1. The average Bonchev–Trinajstić information content (AvgIpc) is 3.27. The van der Waals surface area contributed by atoms with Crippen molar-refractivity contribution < 1.29 is 14.3 Å². The zero-order valence-electron chi connectivity index (χ0n) is 15.5. The van der Waals surface area contributed by atoms with Gasteiger partial charge in [-0.15, -0.1) is 0 Å². The van der Waals surface area contributed by atoms with E-state index in [1.807, 2.05) is 25.1 Å². The molecule has 0 radical (unpaired) electrons. The van der Waals surface area contributed by atoms with E-state index in [9.17, 15) is 4.79 Å². The topological polar surface area (TPSA) is 38.8 Å². The van der Waals surface area contributed by atoms with Gasteiger partial charge in [-0.2, -0.15) is 0 Å². The Morgan fingerprint density at radius 3 is 2.38 bits per heavy atom. The van der Waals surface area contributed by atoms with Crippen molar-refractivity contribution in [1.82, 2.24) is 0 Å². The van der Waals surface area contributed by atoms with Crippen LogP contribution in [0.5, 0.6) is 5.75 Å². The van der Waals surface area contributed by atoms with Gasteiger partial charge in [0.25, 0.3) is 0 Å². The number of ether oxygens (including phenoxy) is 2. The summed E-state index contributed by atoms with van der Waals surface area (Å²) in [7, 11) is 1.38. The predicted octanol–water partition coefficient (Wildman–Crippen LogP) is 4.16. The minimum Gasteiger partial charge on any atom is -0.496 e. The maximum Gasteiger partial charge on any atom is 0.174 e. The van der Waals surface area contributed by atoms with Crippen LogP contribution >= 0.6 is 10.9 Å². The molecule has 24 heavy (non-hydrogen) atoms. The molecule has 3 unspecified atom stereocenters. The highest BCUT2D eigenvalue weighted by atomic mass is 32.2. The third-order valence-electron chi connectivity index (χ3n) is 5.20. The Labute approximate surface area is 148 Å². The van der Waals surface area contributed by atoms with Crippen LogP contribution in [0.3, 0.4) is 0 Å². The molecule has 1 aromatic carbocycles. The van der Waals surface area contributed by atoms with Crippen molar-refractivity contribution in [2.45, 2.75) is 58.0 Å². The lowest BCUT2D eigenvalue weighted by Crippen LogP contribution is -2.36. The van der Waals surface area contributed by atoms with Crippen LogP contribution in [0.2, 0.25) is 0 Å². The molecule has 0 amide bonds. The van der Waals surface area contributed by atoms with E-state index in [2.05, 4.69) is 20.8 Å². The van der Waals surface area contributed by atoms with Gasteiger partial charge in [-0.25, -0.2) is 10.9 Å². The second-order valence-corrected chi connectivity index (χ2v) is 10.7. The third kappa shape index (κ3) is 3.65. The van der Waals surface area contributed by atoms with Crippen molar-refractivity contribution in [3.05, 3.63) is 29.3 Å². The Hall–Kier alpha value is -1.00. The molecule has 0 bridgehead atoms. The summed E-state index contributed by atoms with van der Waals surface area (Å²) in [6, 6.07) is 5.85. The number of Topliss-reactive ketones (excluding diaryl/α,β-unsaturated/α-hetero) is 1. The molecule has 3 atom stereocenters. The fourth-order valence-electron chi connectivity index (χ4n) is 3.94. The first kappa shape index (κ1) is 17.8.